The highest BCUT2D eigenvalue weighted by Gasteiger charge is 2.31. The monoisotopic (exact) mass is 269 g/mol. The minimum atomic E-state index is -0.219. The van der Waals surface area contributed by atoms with Crippen molar-refractivity contribution < 1.29 is 4.39 Å². The van der Waals surface area contributed by atoms with Crippen molar-refractivity contribution in [2.24, 2.45) is 5.41 Å². The molecule has 1 aromatic carbocycles. The highest BCUT2D eigenvalue weighted by Crippen LogP contribution is 2.35. The number of nitrogens with one attached hydrogen (secondary N) is 1. The predicted molar refractivity (Wildman–Crippen MR) is 74.3 cm³/mol. The molecule has 0 aliphatic heterocycles. The molecule has 1 N–H and O–H groups in total. The van der Waals surface area contributed by atoms with Crippen molar-refractivity contribution in [2.75, 3.05) is 0 Å². The zero-order valence-electron chi connectivity index (χ0n) is 11.1. The molecule has 1 nitrogen and oxygen atoms in total. The van der Waals surface area contributed by atoms with Crippen molar-refractivity contribution >= 4 is 11.6 Å². The van der Waals surface area contributed by atoms with Crippen LogP contribution in [0.5, 0.6) is 0 Å². The molecular formula is C15H21ClFN. The number of benzene rings is 1. The normalized spacial score (nSPS) is 23.0. The summed E-state index contributed by atoms with van der Waals surface area (Å²) in [5.74, 6) is -0.219. The Labute approximate surface area is 114 Å². The summed E-state index contributed by atoms with van der Waals surface area (Å²) in [7, 11) is 0. The lowest BCUT2D eigenvalue weighted by atomic mass is 9.73. The summed E-state index contributed by atoms with van der Waals surface area (Å²) in [5, 5.41) is 4.00. The molecule has 1 unspecified atom stereocenters. The summed E-state index contributed by atoms with van der Waals surface area (Å²) in [6.07, 6.45) is 4.95. The Bertz CT molecular complexity index is 397. The lowest BCUT2D eigenvalue weighted by molar-refractivity contribution is 0.166. The fraction of sp³-hybridized carbons (Fsp3) is 0.600. The number of hydrogen-bond donors (Lipinski definition) is 1. The molecule has 1 aliphatic carbocycles. The van der Waals surface area contributed by atoms with E-state index in [1.807, 2.05) is 0 Å². The highest BCUT2D eigenvalue weighted by molar-refractivity contribution is 6.31. The van der Waals surface area contributed by atoms with Crippen LogP contribution >= 0.6 is 11.6 Å². The van der Waals surface area contributed by atoms with E-state index in [1.165, 1.54) is 31.7 Å². The number of rotatable bonds is 3. The maximum atomic E-state index is 13.7. The van der Waals surface area contributed by atoms with Crippen molar-refractivity contribution in [1.82, 2.24) is 5.32 Å². The summed E-state index contributed by atoms with van der Waals surface area (Å²) in [4.78, 5) is 0. The molecular weight excluding hydrogens is 249 g/mol. The van der Waals surface area contributed by atoms with E-state index in [1.54, 1.807) is 12.1 Å². The molecule has 0 amide bonds. The van der Waals surface area contributed by atoms with Crippen molar-refractivity contribution in [1.29, 1.82) is 0 Å². The highest BCUT2D eigenvalue weighted by atomic mass is 35.5. The van der Waals surface area contributed by atoms with Crippen LogP contribution in [0.1, 0.15) is 45.1 Å². The molecule has 1 aromatic rings. The minimum absolute atomic E-state index is 0.219. The van der Waals surface area contributed by atoms with Gasteiger partial charge >= 0.3 is 0 Å². The average Bonchev–Trinajstić information content (AvgIpc) is 2.30. The van der Waals surface area contributed by atoms with Gasteiger partial charge in [0.05, 0.1) is 0 Å². The van der Waals surface area contributed by atoms with Gasteiger partial charge in [-0.3, -0.25) is 0 Å². The van der Waals surface area contributed by atoms with Crippen LogP contribution in [0, 0.1) is 11.2 Å². The Morgan fingerprint density at radius 3 is 2.83 bits per heavy atom. The van der Waals surface area contributed by atoms with Crippen LogP contribution < -0.4 is 5.32 Å². The van der Waals surface area contributed by atoms with E-state index in [4.69, 9.17) is 11.6 Å². The van der Waals surface area contributed by atoms with Crippen LogP contribution in [0.4, 0.5) is 4.39 Å². The molecule has 0 saturated heterocycles. The van der Waals surface area contributed by atoms with Gasteiger partial charge in [-0.15, -0.1) is 0 Å². The van der Waals surface area contributed by atoms with Crippen LogP contribution in [0.3, 0.4) is 0 Å². The molecule has 0 bridgehead atoms. The number of hydrogen-bond acceptors (Lipinski definition) is 1. The van der Waals surface area contributed by atoms with Gasteiger partial charge in [0.25, 0.3) is 0 Å². The Kier molecular flexibility index (Phi) is 4.29. The second-order valence-corrected chi connectivity index (χ2v) is 6.28. The van der Waals surface area contributed by atoms with E-state index < -0.39 is 0 Å². The van der Waals surface area contributed by atoms with Crippen LogP contribution in [-0.4, -0.2) is 6.04 Å². The Morgan fingerprint density at radius 2 is 2.17 bits per heavy atom. The summed E-state index contributed by atoms with van der Waals surface area (Å²) in [6, 6.07) is 5.30. The second kappa shape index (κ2) is 5.58. The molecule has 1 fully saturated rings. The first-order valence-corrected chi connectivity index (χ1v) is 7.05. The van der Waals surface area contributed by atoms with Gasteiger partial charge < -0.3 is 5.32 Å². The van der Waals surface area contributed by atoms with Crippen LogP contribution in [0.25, 0.3) is 0 Å². The molecule has 1 saturated carbocycles. The first-order chi connectivity index (χ1) is 8.50. The SMILES string of the molecule is CC1(C)CCCCC1NCc1c(F)cccc1Cl. The summed E-state index contributed by atoms with van der Waals surface area (Å²) >= 11 is 6.04. The third kappa shape index (κ3) is 3.04. The molecule has 0 spiro atoms. The van der Waals surface area contributed by atoms with Crippen LogP contribution in [-0.2, 0) is 6.54 Å². The lowest BCUT2D eigenvalue weighted by Gasteiger charge is -2.39. The Hall–Kier alpha value is -0.600. The molecule has 0 radical (unpaired) electrons. The molecule has 3 heteroatoms. The van der Waals surface area contributed by atoms with E-state index in [-0.39, 0.29) is 11.2 Å². The van der Waals surface area contributed by atoms with Gasteiger partial charge in [-0.05, 0) is 30.4 Å². The van der Waals surface area contributed by atoms with Gasteiger partial charge in [-0.2, -0.15) is 0 Å². The molecule has 100 valence electrons. The summed E-state index contributed by atoms with van der Waals surface area (Å²) in [6.45, 7) is 5.08. The molecule has 1 atom stereocenters. The fourth-order valence-corrected chi connectivity index (χ4v) is 3.03. The smallest absolute Gasteiger partial charge is 0.129 e. The summed E-state index contributed by atoms with van der Waals surface area (Å²) in [5.41, 5.74) is 0.872. The van der Waals surface area contributed by atoms with Gasteiger partial charge in [-0.25, -0.2) is 4.39 Å². The van der Waals surface area contributed by atoms with E-state index in [9.17, 15) is 4.39 Å². The first kappa shape index (κ1) is 13.8. The van der Waals surface area contributed by atoms with Crippen LogP contribution in [0.2, 0.25) is 5.02 Å². The van der Waals surface area contributed by atoms with Gasteiger partial charge in [0.15, 0.2) is 0 Å². The first-order valence-electron chi connectivity index (χ1n) is 6.67. The number of halogens is 2. The fourth-order valence-electron chi connectivity index (χ4n) is 2.80. The van der Waals surface area contributed by atoms with E-state index >= 15 is 0 Å². The van der Waals surface area contributed by atoms with Crippen molar-refractivity contribution in [3.63, 3.8) is 0 Å². The van der Waals surface area contributed by atoms with Crippen molar-refractivity contribution in [3.8, 4) is 0 Å². The topological polar surface area (TPSA) is 12.0 Å². The molecule has 0 aromatic heterocycles. The van der Waals surface area contributed by atoms with Crippen LogP contribution in [0.15, 0.2) is 18.2 Å². The lowest BCUT2D eigenvalue weighted by Crippen LogP contribution is -2.43. The molecule has 18 heavy (non-hydrogen) atoms. The Morgan fingerprint density at radius 1 is 1.39 bits per heavy atom. The zero-order valence-corrected chi connectivity index (χ0v) is 11.9. The third-order valence-corrected chi connectivity index (χ3v) is 4.45. The largest absolute Gasteiger partial charge is 0.309 e. The zero-order chi connectivity index (χ0) is 13.2. The average molecular weight is 270 g/mol. The quantitative estimate of drug-likeness (QED) is 0.850. The van der Waals surface area contributed by atoms with E-state index in [0.29, 0.717) is 23.2 Å². The van der Waals surface area contributed by atoms with Gasteiger partial charge in [-0.1, -0.05) is 44.4 Å². The predicted octanol–water partition coefficient (Wildman–Crippen LogP) is 4.54. The van der Waals surface area contributed by atoms with Gasteiger partial charge in [0.2, 0.25) is 0 Å². The van der Waals surface area contributed by atoms with Gasteiger partial charge in [0.1, 0.15) is 5.82 Å². The van der Waals surface area contributed by atoms with Crippen molar-refractivity contribution in [3.05, 3.63) is 34.6 Å². The van der Waals surface area contributed by atoms with E-state index in [2.05, 4.69) is 19.2 Å². The maximum absolute atomic E-state index is 13.7. The summed E-state index contributed by atoms with van der Waals surface area (Å²) < 4.78 is 13.7. The van der Waals surface area contributed by atoms with Gasteiger partial charge in [0, 0.05) is 23.2 Å². The molecule has 0 heterocycles. The minimum Gasteiger partial charge on any atom is -0.309 e. The molecule has 2 rings (SSSR count). The third-order valence-electron chi connectivity index (χ3n) is 4.09. The second-order valence-electron chi connectivity index (χ2n) is 5.87. The Balaban J connectivity index is 2.03. The van der Waals surface area contributed by atoms with Crippen molar-refractivity contribution in [2.45, 2.75) is 52.1 Å². The van der Waals surface area contributed by atoms with E-state index in [0.717, 1.165) is 0 Å². The standard InChI is InChI=1S/C15H21ClFN/c1-15(2)9-4-3-8-14(15)18-10-11-12(16)6-5-7-13(11)17/h5-7,14,18H,3-4,8-10H2,1-2H3. The maximum Gasteiger partial charge on any atom is 0.129 e. The molecule has 1 aliphatic rings.